The monoisotopic (exact) mass is 221 g/mol. The second-order valence-corrected chi connectivity index (χ2v) is 3.33. The molecule has 16 heavy (non-hydrogen) atoms. The number of hydrogen-bond donors (Lipinski definition) is 1. The van der Waals surface area contributed by atoms with Gasteiger partial charge in [0.05, 0.1) is 24.5 Å². The smallest absolute Gasteiger partial charge is 0.109 e. The van der Waals surface area contributed by atoms with Gasteiger partial charge >= 0.3 is 0 Å². The van der Waals surface area contributed by atoms with Crippen molar-refractivity contribution in [1.82, 2.24) is 14.8 Å². The van der Waals surface area contributed by atoms with Crippen molar-refractivity contribution in [3.63, 3.8) is 0 Å². The van der Waals surface area contributed by atoms with Crippen molar-refractivity contribution in [3.05, 3.63) is 36.3 Å². The first-order valence-electron chi connectivity index (χ1n) is 4.99. The normalized spacial score (nSPS) is 10.6. The Kier molecular flexibility index (Phi) is 3.26. The first-order valence-corrected chi connectivity index (χ1v) is 4.99. The molecule has 0 radical (unpaired) electrons. The molecule has 2 rings (SSSR count). The molecule has 4 nitrogen and oxygen atoms in total. The fraction of sp³-hybridized carbons (Fsp3) is 0.273. The molecule has 0 atom stereocenters. The van der Waals surface area contributed by atoms with Gasteiger partial charge in [0.15, 0.2) is 0 Å². The fourth-order valence-electron chi connectivity index (χ4n) is 1.52. The molecule has 0 aliphatic carbocycles. The lowest BCUT2D eigenvalue weighted by molar-refractivity contribution is 0.265. The van der Waals surface area contributed by atoms with Crippen LogP contribution in [0.15, 0.2) is 30.6 Å². The highest BCUT2D eigenvalue weighted by Gasteiger charge is 2.08. The summed E-state index contributed by atoms with van der Waals surface area (Å²) < 4.78 is 13.7. The zero-order chi connectivity index (χ0) is 11.4. The number of halogens is 1. The highest BCUT2D eigenvalue weighted by Crippen LogP contribution is 2.18. The maximum Gasteiger partial charge on any atom is 0.109 e. The van der Waals surface area contributed by atoms with E-state index in [2.05, 4.69) is 10.1 Å². The molecule has 84 valence electrons. The zero-order valence-electron chi connectivity index (χ0n) is 8.67. The molecule has 0 spiro atoms. The van der Waals surface area contributed by atoms with Crippen LogP contribution in [0.1, 0.15) is 5.69 Å². The van der Waals surface area contributed by atoms with Crippen molar-refractivity contribution in [2.45, 2.75) is 13.2 Å². The van der Waals surface area contributed by atoms with E-state index in [4.69, 9.17) is 5.11 Å². The van der Waals surface area contributed by atoms with Gasteiger partial charge in [0, 0.05) is 18.0 Å². The highest BCUT2D eigenvalue weighted by atomic mass is 19.1. The van der Waals surface area contributed by atoms with Crippen molar-refractivity contribution in [2.24, 2.45) is 0 Å². The van der Waals surface area contributed by atoms with Crippen LogP contribution < -0.4 is 0 Å². The van der Waals surface area contributed by atoms with Gasteiger partial charge in [0.2, 0.25) is 0 Å². The molecule has 5 heteroatoms. The Morgan fingerprint density at radius 1 is 1.31 bits per heavy atom. The van der Waals surface area contributed by atoms with Crippen LogP contribution in [0.3, 0.4) is 0 Å². The third-order valence-electron chi connectivity index (χ3n) is 2.30. The summed E-state index contributed by atoms with van der Waals surface area (Å²) in [6, 6.07) is 5.40. The Bertz CT molecular complexity index is 456. The molecular formula is C11H12FN3O. The average molecular weight is 221 g/mol. The zero-order valence-corrected chi connectivity index (χ0v) is 8.67. The third-order valence-corrected chi connectivity index (χ3v) is 2.30. The Morgan fingerprint density at radius 2 is 2.06 bits per heavy atom. The van der Waals surface area contributed by atoms with E-state index in [9.17, 15) is 4.39 Å². The minimum absolute atomic E-state index is 0.141. The Labute approximate surface area is 92.4 Å². The van der Waals surface area contributed by atoms with Crippen LogP contribution in [0.2, 0.25) is 0 Å². The maximum absolute atomic E-state index is 12.3. The van der Waals surface area contributed by atoms with Crippen LogP contribution in [-0.2, 0) is 13.2 Å². The van der Waals surface area contributed by atoms with Gasteiger partial charge in [-0.1, -0.05) is 0 Å². The molecule has 2 aromatic heterocycles. The van der Waals surface area contributed by atoms with E-state index in [1.54, 1.807) is 18.5 Å². The standard InChI is InChI=1S/C11H12FN3O/c12-3-6-15-10(8-16)7-11(14-15)9-1-4-13-5-2-9/h1-2,4-5,7,16H,3,6,8H2. The molecule has 0 amide bonds. The van der Waals surface area contributed by atoms with E-state index in [-0.39, 0.29) is 13.2 Å². The van der Waals surface area contributed by atoms with Crippen LogP contribution in [0.5, 0.6) is 0 Å². The second-order valence-electron chi connectivity index (χ2n) is 3.33. The molecule has 0 aliphatic rings. The van der Waals surface area contributed by atoms with Gasteiger partial charge in [0.25, 0.3) is 0 Å². The predicted octanol–water partition coefficient (Wildman–Crippen LogP) is 1.41. The van der Waals surface area contributed by atoms with Gasteiger partial charge in [-0.3, -0.25) is 9.67 Å². The van der Waals surface area contributed by atoms with E-state index in [0.29, 0.717) is 5.69 Å². The van der Waals surface area contributed by atoms with Crippen molar-refractivity contribution in [3.8, 4) is 11.3 Å². The largest absolute Gasteiger partial charge is 0.390 e. The van der Waals surface area contributed by atoms with Crippen LogP contribution in [-0.4, -0.2) is 26.5 Å². The van der Waals surface area contributed by atoms with Gasteiger partial charge in [-0.05, 0) is 18.2 Å². The number of hydrogen-bond acceptors (Lipinski definition) is 3. The van der Waals surface area contributed by atoms with Crippen molar-refractivity contribution in [1.29, 1.82) is 0 Å². The molecular weight excluding hydrogens is 209 g/mol. The Morgan fingerprint density at radius 3 is 2.69 bits per heavy atom. The summed E-state index contributed by atoms with van der Waals surface area (Å²) >= 11 is 0. The lowest BCUT2D eigenvalue weighted by Gasteiger charge is -2.00. The molecule has 0 bridgehead atoms. The highest BCUT2D eigenvalue weighted by molar-refractivity contribution is 5.58. The summed E-state index contributed by atoms with van der Waals surface area (Å²) in [7, 11) is 0. The van der Waals surface area contributed by atoms with Crippen LogP contribution >= 0.6 is 0 Å². The number of aliphatic hydroxyl groups is 1. The number of alkyl halides is 1. The first kappa shape index (κ1) is 10.8. The molecule has 0 saturated carbocycles. The topological polar surface area (TPSA) is 50.9 Å². The van der Waals surface area contributed by atoms with Crippen LogP contribution in [0, 0.1) is 0 Å². The lowest BCUT2D eigenvalue weighted by atomic mass is 10.2. The van der Waals surface area contributed by atoms with Crippen molar-refractivity contribution >= 4 is 0 Å². The first-order chi connectivity index (χ1) is 7.85. The number of aromatic nitrogens is 3. The van der Waals surface area contributed by atoms with Crippen molar-refractivity contribution < 1.29 is 9.50 Å². The molecule has 0 aliphatic heterocycles. The third kappa shape index (κ3) is 2.09. The fourth-order valence-corrected chi connectivity index (χ4v) is 1.52. The summed E-state index contributed by atoms with van der Waals surface area (Å²) in [5.41, 5.74) is 2.24. The van der Waals surface area contributed by atoms with Gasteiger partial charge in [-0.15, -0.1) is 0 Å². The summed E-state index contributed by atoms with van der Waals surface area (Å²) in [4.78, 5) is 3.91. The summed E-state index contributed by atoms with van der Waals surface area (Å²) in [5.74, 6) is 0. The summed E-state index contributed by atoms with van der Waals surface area (Å²) in [5, 5.41) is 13.3. The Balaban J connectivity index is 2.36. The molecule has 0 fully saturated rings. The average Bonchev–Trinajstić information content (AvgIpc) is 2.74. The SMILES string of the molecule is OCc1cc(-c2ccncc2)nn1CCF. The predicted molar refractivity (Wildman–Crippen MR) is 57.4 cm³/mol. The molecule has 0 aromatic carbocycles. The second kappa shape index (κ2) is 4.85. The number of pyridine rings is 1. The van der Waals surface area contributed by atoms with Gasteiger partial charge in [-0.25, -0.2) is 4.39 Å². The lowest BCUT2D eigenvalue weighted by Crippen LogP contribution is -2.06. The number of rotatable bonds is 4. The minimum Gasteiger partial charge on any atom is -0.390 e. The number of aryl methyl sites for hydroxylation is 1. The van der Waals surface area contributed by atoms with Gasteiger partial charge in [-0.2, -0.15) is 5.10 Å². The summed E-state index contributed by atoms with van der Waals surface area (Å²) in [6.07, 6.45) is 3.34. The molecule has 0 saturated heterocycles. The maximum atomic E-state index is 12.3. The van der Waals surface area contributed by atoms with E-state index in [1.807, 2.05) is 12.1 Å². The summed E-state index contributed by atoms with van der Waals surface area (Å²) in [6.45, 7) is -0.469. The van der Waals surface area contributed by atoms with E-state index < -0.39 is 6.67 Å². The van der Waals surface area contributed by atoms with E-state index in [0.717, 1.165) is 11.3 Å². The van der Waals surface area contributed by atoms with Gasteiger partial charge in [0.1, 0.15) is 6.67 Å². The van der Waals surface area contributed by atoms with E-state index >= 15 is 0 Å². The number of aliphatic hydroxyl groups excluding tert-OH is 1. The molecule has 2 aromatic rings. The van der Waals surface area contributed by atoms with Gasteiger partial charge < -0.3 is 5.11 Å². The molecule has 2 heterocycles. The van der Waals surface area contributed by atoms with Crippen LogP contribution in [0.25, 0.3) is 11.3 Å². The quantitative estimate of drug-likeness (QED) is 0.849. The Hall–Kier alpha value is -1.75. The van der Waals surface area contributed by atoms with E-state index in [1.165, 1.54) is 4.68 Å². The van der Waals surface area contributed by atoms with Crippen LogP contribution in [0.4, 0.5) is 4.39 Å². The molecule has 1 N–H and O–H groups in total. The van der Waals surface area contributed by atoms with Crippen molar-refractivity contribution in [2.75, 3.05) is 6.67 Å². The minimum atomic E-state index is -0.496. The number of nitrogens with zero attached hydrogens (tertiary/aromatic N) is 3. The molecule has 0 unspecified atom stereocenters.